The third-order valence-corrected chi connectivity index (χ3v) is 8.89. The molecule has 1 heterocycles. The summed E-state index contributed by atoms with van der Waals surface area (Å²) in [5.74, 6) is 1.34. The molecular formula is C17H27NO4Si. The van der Waals surface area contributed by atoms with Crippen molar-refractivity contribution >= 4 is 14.0 Å². The van der Waals surface area contributed by atoms with Crippen LogP contribution in [0.15, 0.2) is 17.3 Å². The maximum absolute atomic E-state index is 10.4. The van der Waals surface area contributed by atoms with E-state index in [0.717, 1.165) is 0 Å². The molecule has 1 unspecified atom stereocenters. The summed E-state index contributed by atoms with van der Waals surface area (Å²) in [6.45, 7) is 12.8. The second-order valence-electron chi connectivity index (χ2n) is 7.53. The van der Waals surface area contributed by atoms with E-state index in [1.165, 1.54) is 7.11 Å². The van der Waals surface area contributed by atoms with E-state index in [-0.39, 0.29) is 16.9 Å². The van der Waals surface area contributed by atoms with Crippen LogP contribution in [0.3, 0.4) is 0 Å². The Kier molecular flexibility index (Phi) is 4.66. The molecule has 2 rings (SSSR count). The van der Waals surface area contributed by atoms with Gasteiger partial charge in [0.05, 0.1) is 11.3 Å². The predicted molar refractivity (Wildman–Crippen MR) is 94.2 cm³/mol. The molecule has 128 valence electrons. The molecule has 0 saturated heterocycles. The first-order chi connectivity index (χ1) is 10.5. The molecule has 1 aliphatic rings. The summed E-state index contributed by atoms with van der Waals surface area (Å²) in [4.78, 5) is 4.89. The summed E-state index contributed by atoms with van der Waals surface area (Å²) in [5.41, 5.74) is 1.28. The molecule has 0 aliphatic carbocycles. The number of rotatable bonds is 3. The highest BCUT2D eigenvalue weighted by Crippen LogP contribution is 2.42. The Balaban J connectivity index is 2.43. The summed E-state index contributed by atoms with van der Waals surface area (Å²) in [6.07, 6.45) is 0.565. The molecule has 0 aromatic heterocycles. The van der Waals surface area contributed by atoms with Gasteiger partial charge in [-0.15, -0.1) is 0 Å². The molecule has 1 aromatic rings. The zero-order valence-corrected chi connectivity index (χ0v) is 16.1. The van der Waals surface area contributed by atoms with Crippen molar-refractivity contribution in [3.63, 3.8) is 0 Å². The van der Waals surface area contributed by atoms with Crippen LogP contribution >= 0.6 is 0 Å². The van der Waals surface area contributed by atoms with Gasteiger partial charge in [0.25, 0.3) is 0 Å². The standard InChI is InChI=1S/C17H27NO4Si/c1-11-8-13(18-20-5)16-14(19)9-12(10-15(16)21-11)22-23(6,7)17(2,3)4/h9-11,19H,8H2,1-7H3/b18-13-. The van der Waals surface area contributed by atoms with Crippen LogP contribution in [0, 0.1) is 0 Å². The Labute approximate surface area is 139 Å². The molecule has 1 atom stereocenters. The molecule has 5 nitrogen and oxygen atoms in total. The monoisotopic (exact) mass is 337 g/mol. The average Bonchev–Trinajstić information content (AvgIpc) is 2.35. The quantitative estimate of drug-likeness (QED) is 0.660. The maximum atomic E-state index is 10.4. The molecule has 23 heavy (non-hydrogen) atoms. The van der Waals surface area contributed by atoms with Crippen LogP contribution in [0.25, 0.3) is 0 Å². The second kappa shape index (κ2) is 6.07. The highest BCUT2D eigenvalue weighted by Gasteiger charge is 2.39. The molecular weight excluding hydrogens is 310 g/mol. The second-order valence-corrected chi connectivity index (χ2v) is 12.3. The fraction of sp³-hybridized carbons (Fsp3) is 0.588. The van der Waals surface area contributed by atoms with Gasteiger partial charge in [0, 0.05) is 18.6 Å². The molecule has 0 fully saturated rings. The SMILES string of the molecule is CO/N=C1/CC(C)Oc2cc(O[Si](C)(C)C(C)(C)C)cc(O)c21. The highest BCUT2D eigenvalue weighted by atomic mass is 28.4. The van der Waals surface area contributed by atoms with Crippen LogP contribution in [0.1, 0.15) is 39.7 Å². The van der Waals surface area contributed by atoms with E-state index in [1.54, 1.807) is 6.07 Å². The lowest BCUT2D eigenvalue weighted by atomic mass is 9.99. The Bertz CT molecular complexity index is 620. The van der Waals surface area contributed by atoms with E-state index < -0.39 is 8.32 Å². The van der Waals surface area contributed by atoms with Crippen LogP contribution in [-0.2, 0) is 4.84 Å². The zero-order chi connectivity index (χ0) is 17.4. The van der Waals surface area contributed by atoms with Gasteiger partial charge in [-0.1, -0.05) is 25.9 Å². The fourth-order valence-corrected chi connectivity index (χ4v) is 3.30. The minimum absolute atomic E-state index is 0.0288. The molecule has 1 aromatic carbocycles. The van der Waals surface area contributed by atoms with Gasteiger partial charge in [-0.25, -0.2) is 0 Å². The number of phenols is 1. The highest BCUT2D eigenvalue weighted by molar-refractivity contribution is 6.74. The van der Waals surface area contributed by atoms with Gasteiger partial charge in [0.1, 0.15) is 30.5 Å². The van der Waals surface area contributed by atoms with Crippen molar-refractivity contribution in [1.82, 2.24) is 0 Å². The number of oxime groups is 1. The van der Waals surface area contributed by atoms with Gasteiger partial charge in [0.2, 0.25) is 8.32 Å². The lowest BCUT2D eigenvalue weighted by molar-refractivity contribution is 0.197. The van der Waals surface area contributed by atoms with Crippen molar-refractivity contribution in [2.45, 2.75) is 58.4 Å². The van der Waals surface area contributed by atoms with E-state index in [4.69, 9.17) is 14.0 Å². The van der Waals surface area contributed by atoms with Crippen LogP contribution in [0.4, 0.5) is 0 Å². The average molecular weight is 337 g/mol. The number of aromatic hydroxyl groups is 1. The largest absolute Gasteiger partial charge is 0.543 e. The van der Waals surface area contributed by atoms with Crippen LogP contribution in [0.5, 0.6) is 17.2 Å². The Morgan fingerprint density at radius 3 is 2.52 bits per heavy atom. The van der Waals surface area contributed by atoms with Crippen molar-refractivity contribution in [2.24, 2.45) is 5.16 Å². The first-order valence-electron chi connectivity index (χ1n) is 7.88. The van der Waals surface area contributed by atoms with Crippen LogP contribution in [-0.4, -0.2) is 32.3 Å². The number of phenolic OH excluding ortho intramolecular Hbond substituents is 1. The van der Waals surface area contributed by atoms with Gasteiger partial charge in [0.15, 0.2) is 0 Å². The Hall–Kier alpha value is -1.69. The Morgan fingerprint density at radius 2 is 1.96 bits per heavy atom. The zero-order valence-electron chi connectivity index (χ0n) is 15.1. The maximum Gasteiger partial charge on any atom is 0.250 e. The molecule has 1 N–H and O–H groups in total. The van der Waals surface area contributed by atoms with E-state index in [9.17, 15) is 5.11 Å². The normalized spacial score (nSPS) is 20.0. The van der Waals surface area contributed by atoms with Crippen molar-refractivity contribution < 1.29 is 19.1 Å². The van der Waals surface area contributed by atoms with E-state index >= 15 is 0 Å². The van der Waals surface area contributed by atoms with Crippen molar-refractivity contribution in [3.8, 4) is 17.2 Å². The van der Waals surface area contributed by atoms with E-state index in [0.29, 0.717) is 29.2 Å². The van der Waals surface area contributed by atoms with Gasteiger partial charge < -0.3 is 19.1 Å². The van der Waals surface area contributed by atoms with Gasteiger partial charge in [-0.05, 0) is 25.1 Å². The van der Waals surface area contributed by atoms with Crippen molar-refractivity contribution in [1.29, 1.82) is 0 Å². The lowest BCUT2D eigenvalue weighted by Crippen LogP contribution is -2.43. The number of fused-ring (bicyclic) bond motifs is 1. The summed E-state index contributed by atoms with van der Waals surface area (Å²) in [5, 5.41) is 14.5. The molecule has 0 bridgehead atoms. The van der Waals surface area contributed by atoms with Crippen LogP contribution < -0.4 is 9.16 Å². The lowest BCUT2D eigenvalue weighted by Gasteiger charge is -2.37. The predicted octanol–water partition coefficient (Wildman–Crippen LogP) is 4.30. The fourth-order valence-electron chi connectivity index (χ4n) is 2.29. The van der Waals surface area contributed by atoms with Crippen molar-refractivity contribution in [2.75, 3.05) is 7.11 Å². The third kappa shape index (κ3) is 3.63. The van der Waals surface area contributed by atoms with Gasteiger partial charge in [-0.2, -0.15) is 0 Å². The summed E-state index contributed by atoms with van der Waals surface area (Å²) >= 11 is 0. The summed E-state index contributed by atoms with van der Waals surface area (Å²) < 4.78 is 12.1. The number of ether oxygens (including phenoxy) is 1. The summed E-state index contributed by atoms with van der Waals surface area (Å²) in [7, 11) is -0.486. The first kappa shape index (κ1) is 17.7. The smallest absolute Gasteiger partial charge is 0.250 e. The molecule has 0 radical (unpaired) electrons. The number of nitrogens with zero attached hydrogens (tertiary/aromatic N) is 1. The minimum Gasteiger partial charge on any atom is -0.543 e. The third-order valence-electron chi connectivity index (χ3n) is 4.53. The summed E-state index contributed by atoms with van der Waals surface area (Å²) in [6, 6.07) is 3.49. The van der Waals surface area contributed by atoms with Gasteiger partial charge >= 0.3 is 0 Å². The van der Waals surface area contributed by atoms with E-state index in [1.807, 2.05) is 13.0 Å². The number of benzene rings is 1. The van der Waals surface area contributed by atoms with Crippen LogP contribution in [0.2, 0.25) is 18.1 Å². The van der Waals surface area contributed by atoms with E-state index in [2.05, 4.69) is 39.0 Å². The number of hydrogen-bond donors (Lipinski definition) is 1. The molecule has 0 amide bonds. The molecule has 6 heteroatoms. The first-order valence-corrected chi connectivity index (χ1v) is 10.8. The minimum atomic E-state index is -1.98. The molecule has 0 saturated carbocycles. The topological polar surface area (TPSA) is 60.3 Å². The number of hydrogen-bond acceptors (Lipinski definition) is 5. The van der Waals surface area contributed by atoms with Gasteiger partial charge in [-0.3, -0.25) is 0 Å². The van der Waals surface area contributed by atoms with Crippen molar-refractivity contribution in [3.05, 3.63) is 17.7 Å². The molecule has 1 aliphatic heterocycles. The Morgan fingerprint density at radius 1 is 1.30 bits per heavy atom. The molecule has 0 spiro atoms.